The molecule has 1 aliphatic rings. The molecule has 218 valence electrons. The molecule has 0 radical (unpaired) electrons. The van der Waals surface area contributed by atoms with Gasteiger partial charge in [0.05, 0.1) is 0 Å². The van der Waals surface area contributed by atoms with Crippen LogP contribution in [0.25, 0.3) is 76.8 Å². The van der Waals surface area contributed by atoms with Gasteiger partial charge in [0.15, 0.2) is 0 Å². The Morgan fingerprint density at radius 2 is 0.978 bits per heavy atom. The largest absolute Gasteiger partial charge is 0.0622 e. The Balaban J connectivity index is 1.33. The van der Waals surface area contributed by atoms with Crippen molar-refractivity contribution >= 4 is 32.3 Å². The Morgan fingerprint density at radius 3 is 1.78 bits per heavy atom. The van der Waals surface area contributed by atoms with Crippen molar-refractivity contribution in [3.05, 3.63) is 168 Å². The first kappa shape index (κ1) is 26.9. The summed E-state index contributed by atoms with van der Waals surface area (Å²) in [5, 5.41) is 7.70. The lowest BCUT2D eigenvalue weighted by molar-refractivity contribution is 0.660. The van der Waals surface area contributed by atoms with E-state index in [0.717, 1.165) is 0 Å². The zero-order chi connectivity index (χ0) is 31.0. The van der Waals surface area contributed by atoms with Crippen molar-refractivity contribution in [2.45, 2.75) is 26.2 Å². The smallest absolute Gasteiger partial charge is 0.0159 e. The van der Waals surface area contributed by atoms with Crippen molar-refractivity contribution < 1.29 is 0 Å². The monoisotopic (exact) mass is 586 g/mol. The molecule has 0 fully saturated rings. The Morgan fingerprint density at radius 1 is 0.370 bits per heavy atom. The number of aryl methyl sites for hydroxylation is 1. The molecule has 8 aromatic carbocycles. The molecule has 0 N–H and O–H groups in total. The number of benzene rings is 8. The van der Waals surface area contributed by atoms with Gasteiger partial charge in [-0.25, -0.2) is 0 Å². The second kappa shape index (κ2) is 10.0. The predicted octanol–water partition coefficient (Wildman–Crippen LogP) is 12.8. The van der Waals surface area contributed by atoms with E-state index < -0.39 is 0 Å². The Labute approximate surface area is 270 Å². The van der Waals surface area contributed by atoms with Crippen LogP contribution in [0.15, 0.2) is 152 Å². The van der Waals surface area contributed by atoms with Gasteiger partial charge < -0.3 is 0 Å². The lowest BCUT2D eigenvalue weighted by atomic mass is 9.80. The van der Waals surface area contributed by atoms with Gasteiger partial charge in [0.1, 0.15) is 0 Å². The normalized spacial score (nSPS) is 13.3. The van der Waals surface area contributed by atoms with Crippen molar-refractivity contribution in [2.75, 3.05) is 0 Å². The predicted molar refractivity (Wildman–Crippen MR) is 198 cm³/mol. The van der Waals surface area contributed by atoms with E-state index in [2.05, 4.69) is 172 Å². The average molecular weight is 587 g/mol. The lowest BCUT2D eigenvalue weighted by Gasteiger charge is -2.23. The summed E-state index contributed by atoms with van der Waals surface area (Å²) >= 11 is 0. The minimum Gasteiger partial charge on any atom is -0.0622 e. The molecule has 0 heterocycles. The van der Waals surface area contributed by atoms with Gasteiger partial charge >= 0.3 is 0 Å². The van der Waals surface area contributed by atoms with E-state index in [1.54, 1.807) is 0 Å². The maximum Gasteiger partial charge on any atom is 0.0159 e. The third kappa shape index (κ3) is 3.93. The maximum absolute atomic E-state index is 2.40. The minimum absolute atomic E-state index is 0.0468. The van der Waals surface area contributed by atoms with Crippen molar-refractivity contribution in [2.24, 2.45) is 0 Å². The molecule has 0 saturated heterocycles. The molecule has 0 spiro atoms. The summed E-state index contributed by atoms with van der Waals surface area (Å²) in [6.45, 7) is 6.95. The quantitative estimate of drug-likeness (QED) is 0.181. The van der Waals surface area contributed by atoms with Crippen LogP contribution in [0.2, 0.25) is 0 Å². The fourth-order valence-electron chi connectivity index (χ4n) is 8.07. The van der Waals surface area contributed by atoms with Crippen molar-refractivity contribution in [3.63, 3.8) is 0 Å². The zero-order valence-corrected chi connectivity index (χ0v) is 26.4. The van der Waals surface area contributed by atoms with Crippen LogP contribution in [0.1, 0.15) is 30.5 Å². The van der Waals surface area contributed by atoms with Gasteiger partial charge in [-0.15, -0.1) is 0 Å². The van der Waals surface area contributed by atoms with E-state index >= 15 is 0 Å². The zero-order valence-electron chi connectivity index (χ0n) is 26.4. The van der Waals surface area contributed by atoms with Crippen LogP contribution in [-0.2, 0) is 5.41 Å². The van der Waals surface area contributed by atoms with Gasteiger partial charge in [-0.3, -0.25) is 0 Å². The number of hydrogen-bond acceptors (Lipinski definition) is 0. The number of hydrogen-bond donors (Lipinski definition) is 0. The number of fused-ring (bicyclic) bond motifs is 6. The van der Waals surface area contributed by atoms with Crippen LogP contribution >= 0.6 is 0 Å². The molecule has 0 bridgehead atoms. The van der Waals surface area contributed by atoms with Crippen LogP contribution < -0.4 is 0 Å². The lowest BCUT2D eigenvalue weighted by Crippen LogP contribution is -2.14. The first-order chi connectivity index (χ1) is 22.5. The van der Waals surface area contributed by atoms with Crippen LogP contribution in [0.5, 0.6) is 0 Å². The van der Waals surface area contributed by atoms with Gasteiger partial charge in [0.25, 0.3) is 0 Å². The molecule has 0 aromatic heterocycles. The highest BCUT2D eigenvalue weighted by molar-refractivity contribution is 6.23. The van der Waals surface area contributed by atoms with E-state index in [-0.39, 0.29) is 5.41 Å². The van der Waals surface area contributed by atoms with Crippen LogP contribution in [-0.4, -0.2) is 0 Å². The minimum atomic E-state index is -0.0468. The average Bonchev–Trinajstić information content (AvgIpc) is 3.33. The Kier molecular flexibility index (Phi) is 5.86. The summed E-state index contributed by atoms with van der Waals surface area (Å²) in [6.07, 6.45) is 0. The Hall–Kier alpha value is -5.46. The van der Waals surface area contributed by atoms with Crippen molar-refractivity contribution in [3.8, 4) is 44.5 Å². The molecule has 1 aliphatic carbocycles. The molecule has 0 heteroatoms. The number of rotatable bonds is 3. The Bertz CT molecular complexity index is 2490. The second-order valence-corrected chi connectivity index (χ2v) is 13.4. The second-order valence-electron chi connectivity index (χ2n) is 13.4. The van der Waals surface area contributed by atoms with E-state index in [4.69, 9.17) is 0 Å². The highest BCUT2D eigenvalue weighted by Gasteiger charge is 2.37. The van der Waals surface area contributed by atoms with Gasteiger partial charge in [0.2, 0.25) is 0 Å². The van der Waals surface area contributed by atoms with Crippen molar-refractivity contribution in [1.29, 1.82) is 0 Å². The topological polar surface area (TPSA) is 0 Å². The van der Waals surface area contributed by atoms with Crippen LogP contribution in [0, 0.1) is 6.92 Å². The van der Waals surface area contributed by atoms with E-state index in [9.17, 15) is 0 Å². The van der Waals surface area contributed by atoms with Crippen LogP contribution in [0.3, 0.4) is 0 Å². The molecule has 0 aliphatic heterocycles. The molecule has 0 amide bonds. The summed E-state index contributed by atoms with van der Waals surface area (Å²) in [4.78, 5) is 0. The maximum atomic E-state index is 2.40. The first-order valence-electron chi connectivity index (χ1n) is 16.3. The van der Waals surface area contributed by atoms with Crippen molar-refractivity contribution in [1.82, 2.24) is 0 Å². The molecule has 8 aromatic rings. The molecule has 0 atom stereocenters. The molecule has 9 rings (SSSR count). The highest BCUT2D eigenvalue weighted by Crippen LogP contribution is 2.54. The standard InChI is InChI=1S/C46H34/c1-29-20-25-37-40(26-29)44(39-17-11-19-42-45(39)38-16-9-10-18-41(38)46(42,2)3)36-15-8-7-14-35(36)43(37)34-24-23-32-27-31(21-22-33(32)28-34)30-12-5-4-6-13-30/h4-28H,1-3H3. The third-order valence-corrected chi connectivity index (χ3v) is 10.3. The van der Waals surface area contributed by atoms with Crippen LogP contribution in [0.4, 0.5) is 0 Å². The molecule has 0 saturated carbocycles. The summed E-state index contributed by atoms with van der Waals surface area (Å²) in [7, 11) is 0. The van der Waals surface area contributed by atoms with Gasteiger partial charge in [-0.1, -0.05) is 159 Å². The summed E-state index contributed by atoms with van der Waals surface area (Å²) < 4.78 is 0. The first-order valence-corrected chi connectivity index (χ1v) is 16.3. The fourth-order valence-corrected chi connectivity index (χ4v) is 8.07. The SMILES string of the molecule is Cc1ccc2c(-c3ccc4cc(-c5ccccc5)ccc4c3)c3ccccc3c(-c3cccc4c3-c3ccccc3C4(C)C)c2c1. The highest BCUT2D eigenvalue weighted by atomic mass is 14.4. The van der Waals surface area contributed by atoms with Gasteiger partial charge in [-0.2, -0.15) is 0 Å². The van der Waals surface area contributed by atoms with E-state index in [0.29, 0.717) is 0 Å². The van der Waals surface area contributed by atoms with E-state index in [1.807, 2.05) is 0 Å². The van der Waals surface area contributed by atoms with E-state index in [1.165, 1.54) is 93.5 Å². The summed E-state index contributed by atoms with van der Waals surface area (Å²) in [5.74, 6) is 0. The fraction of sp³-hybridized carbons (Fsp3) is 0.0870. The molecule has 46 heavy (non-hydrogen) atoms. The third-order valence-electron chi connectivity index (χ3n) is 10.3. The van der Waals surface area contributed by atoms with Gasteiger partial charge in [0, 0.05) is 5.41 Å². The summed E-state index contributed by atoms with van der Waals surface area (Å²) in [6, 6.07) is 56.5. The molecular formula is C46H34. The van der Waals surface area contributed by atoms with Gasteiger partial charge in [-0.05, 0) is 107 Å². The molecule has 0 unspecified atom stereocenters. The molecular weight excluding hydrogens is 553 g/mol. The molecule has 0 nitrogen and oxygen atoms in total. The summed E-state index contributed by atoms with van der Waals surface area (Å²) in [5.41, 5.74) is 14.5.